The zero-order valence-corrected chi connectivity index (χ0v) is 23.7. The van der Waals surface area contributed by atoms with Gasteiger partial charge in [0.15, 0.2) is 5.96 Å². The molecule has 214 valence electrons. The molecule has 0 saturated heterocycles. The number of aliphatic hydroxyl groups excluding tert-OH is 1. The summed E-state index contributed by atoms with van der Waals surface area (Å²) in [4.78, 5) is 33.0. The molecule has 0 radical (unpaired) electrons. The Kier molecular flexibility index (Phi) is 6.81. The van der Waals surface area contributed by atoms with E-state index in [1.807, 2.05) is 27.7 Å². The van der Waals surface area contributed by atoms with Crippen LogP contribution in [0.2, 0.25) is 0 Å². The van der Waals surface area contributed by atoms with Crippen molar-refractivity contribution < 1.29 is 28.6 Å². The number of aliphatic hydroxyl groups is 1. The summed E-state index contributed by atoms with van der Waals surface area (Å²) in [7, 11) is 0. The van der Waals surface area contributed by atoms with E-state index in [1.165, 1.54) is 23.1 Å². The van der Waals surface area contributed by atoms with Crippen molar-refractivity contribution in [1.82, 2.24) is 10.2 Å². The SMILES string of the molecule is CC(C)C1CC(=O)N([C@@H]2CC(C)(C)Oc3ccc(C(=O)N[C@@H]4c5cc(F)ccc5OC(C)(C)[C@H]4O)cc32)C(N)=N1. The normalized spacial score (nSPS) is 26.7. The third-order valence-corrected chi connectivity index (χ3v) is 7.98. The average Bonchev–Trinajstić information content (AvgIpc) is 2.85. The molecule has 4 N–H and O–H groups in total. The van der Waals surface area contributed by atoms with Crippen molar-refractivity contribution >= 4 is 17.8 Å². The topological polar surface area (TPSA) is 126 Å². The van der Waals surface area contributed by atoms with Gasteiger partial charge in [-0.3, -0.25) is 14.5 Å². The number of benzene rings is 2. The summed E-state index contributed by atoms with van der Waals surface area (Å²) in [5, 5.41) is 13.9. The molecular weight excluding hydrogens is 515 g/mol. The highest BCUT2D eigenvalue weighted by Crippen LogP contribution is 2.44. The lowest BCUT2D eigenvalue weighted by Gasteiger charge is -2.44. The molecule has 5 rings (SSSR count). The first-order chi connectivity index (χ1) is 18.7. The van der Waals surface area contributed by atoms with Crippen molar-refractivity contribution in [3.8, 4) is 11.5 Å². The van der Waals surface area contributed by atoms with E-state index in [2.05, 4.69) is 10.3 Å². The van der Waals surface area contributed by atoms with Gasteiger partial charge in [-0.2, -0.15) is 0 Å². The molecule has 3 aliphatic rings. The highest BCUT2D eigenvalue weighted by molar-refractivity contribution is 5.99. The van der Waals surface area contributed by atoms with E-state index in [-0.39, 0.29) is 30.2 Å². The van der Waals surface area contributed by atoms with E-state index in [0.717, 1.165) is 0 Å². The van der Waals surface area contributed by atoms with Crippen LogP contribution in [-0.4, -0.2) is 51.1 Å². The smallest absolute Gasteiger partial charge is 0.251 e. The molecule has 40 heavy (non-hydrogen) atoms. The van der Waals surface area contributed by atoms with Crippen LogP contribution >= 0.6 is 0 Å². The summed E-state index contributed by atoms with van der Waals surface area (Å²) >= 11 is 0. The van der Waals surface area contributed by atoms with Crippen molar-refractivity contribution in [2.45, 2.75) is 89.8 Å². The number of halogens is 1. The van der Waals surface area contributed by atoms with E-state index in [4.69, 9.17) is 15.2 Å². The molecule has 3 heterocycles. The third kappa shape index (κ3) is 5.00. The molecule has 3 aliphatic heterocycles. The van der Waals surface area contributed by atoms with Crippen LogP contribution in [0.5, 0.6) is 11.5 Å². The quantitative estimate of drug-likeness (QED) is 0.526. The van der Waals surface area contributed by atoms with Crippen LogP contribution in [0.1, 0.15) is 88.0 Å². The lowest BCUT2D eigenvalue weighted by molar-refractivity contribution is -0.131. The molecule has 9 nitrogen and oxygen atoms in total. The Morgan fingerprint density at radius 3 is 2.48 bits per heavy atom. The number of fused-ring (bicyclic) bond motifs is 2. The molecule has 0 fully saturated rings. The number of nitrogens with one attached hydrogen (secondary N) is 1. The lowest BCUT2D eigenvalue weighted by Crippen LogP contribution is -2.53. The van der Waals surface area contributed by atoms with Gasteiger partial charge >= 0.3 is 0 Å². The molecule has 0 spiro atoms. The number of hydrogen-bond donors (Lipinski definition) is 3. The predicted molar refractivity (Wildman–Crippen MR) is 148 cm³/mol. The van der Waals surface area contributed by atoms with E-state index in [9.17, 15) is 19.1 Å². The van der Waals surface area contributed by atoms with Crippen LogP contribution in [-0.2, 0) is 4.79 Å². The summed E-state index contributed by atoms with van der Waals surface area (Å²) in [6, 6.07) is 7.45. The van der Waals surface area contributed by atoms with Gasteiger partial charge in [0.05, 0.1) is 24.5 Å². The van der Waals surface area contributed by atoms with Gasteiger partial charge < -0.3 is 25.6 Å². The van der Waals surface area contributed by atoms with Crippen LogP contribution in [0.15, 0.2) is 41.4 Å². The van der Waals surface area contributed by atoms with Gasteiger partial charge in [0.1, 0.15) is 34.6 Å². The minimum atomic E-state index is -1.14. The maximum atomic E-state index is 14.1. The maximum absolute atomic E-state index is 14.1. The van der Waals surface area contributed by atoms with Crippen molar-refractivity contribution in [1.29, 1.82) is 0 Å². The zero-order chi connectivity index (χ0) is 29.1. The number of carbonyl (C=O) groups is 2. The summed E-state index contributed by atoms with van der Waals surface area (Å²) in [6.45, 7) is 11.3. The maximum Gasteiger partial charge on any atom is 0.251 e. The van der Waals surface area contributed by atoms with Gasteiger partial charge in [0.2, 0.25) is 5.91 Å². The third-order valence-electron chi connectivity index (χ3n) is 7.98. The van der Waals surface area contributed by atoms with Crippen LogP contribution < -0.4 is 20.5 Å². The molecule has 2 amide bonds. The largest absolute Gasteiger partial charge is 0.487 e. The standard InChI is InChI=1S/C30H37FN4O5/c1-15(2)20-13-24(36)35(28(32)33-20)21-14-29(3,4)39-22-9-7-16(11-18(21)22)27(38)34-25-19-12-17(31)8-10-23(19)40-30(5,6)26(25)37/h7-12,15,20-21,25-26,37H,13-14H2,1-6H3,(H2,32,33)(H,34,38)/t20?,21-,25-,26+/m1/s1. The fourth-order valence-corrected chi connectivity index (χ4v) is 5.74. The first kappa shape index (κ1) is 27.9. The molecule has 0 aliphatic carbocycles. The van der Waals surface area contributed by atoms with Crippen LogP contribution in [0.4, 0.5) is 4.39 Å². The Bertz CT molecular complexity index is 1390. The lowest BCUT2D eigenvalue weighted by atomic mass is 9.85. The molecule has 2 aromatic carbocycles. The summed E-state index contributed by atoms with van der Waals surface area (Å²) < 4.78 is 26.2. The van der Waals surface area contributed by atoms with Gasteiger partial charge in [-0.15, -0.1) is 0 Å². The monoisotopic (exact) mass is 552 g/mol. The second-order valence-electron chi connectivity index (χ2n) is 12.4. The van der Waals surface area contributed by atoms with Gasteiger partial charge in [-0.05, 0) is 70.0 Å². The number of nitrogens with two attached hydrogens (primary N) is 1. The molecular formula is C30H37FN4O5. The molecule has 1 unspecified atom stereocenters. The van der Waals surface area contributed by atoms with Gasteiger partial charge in [-0.1, -0.05) is 13.8 Å². The zero-order valence-electron chi connectivity index (χ0n) is 23.7. The summed E-state index contributed by atoms with van der Waals surface area (Å²) in [6.07, 6.45) is -0.450. The Morgan fingerprint density at radius 1 is 1.12 bits per heavy atom. The number of amides is 2. The van der Waals surface area contributed by atoms with Gasteiger partial charge in [0.25, 0.3) is 5.91 Å². The molecule has 0 aromatic heterocycles. The first-order valence-corrected chi connectivity index (χ1v) is 13.6. The Morgan fingerprint density at radius 2 is 1.80 bits per heavy atom. The fourth-order valence-electron chi connectivity index (χ4n) is 5.74. The number of ether oxygens (including phenoxy) is 2. The molecule has 10 heteroatoms. The second-order valence-corrected chi connectivity index (χ2v) is 12.4. The number of aliphatic imine (C=N–C) groups is 1. The van der Waals surface area contributed by atoms with Crippen molar-refractivity contribution in [2.24, 2.45) is 16.6 Å². The van der Waals surface area contributed by atoms with E-state index >= 15 is 0 Å². The Labute approximate surface area is 233 Å². The molecule has 0 bridgehead atoms. The predicted octanol–water partition coefficient (Wildman–Crippen LogP) is 4.00. The van der Waals surface area contributed by atoms with Crippen molar-refractivity contribution in [2.75, 3.05) is 0 Å². The second kappa shape index (κ2) is 9.76. The number of guanidine groups is 1. The number of carbonyl (C=O) groups excluding carboxylic acids is 2. The number of rotatable bonds is 4. The van der Waals surface area contributed by atoms with E-state index < -0.39 is 41.1 Å². The van der Waals surface area contributed by atoms with Crippen LogP contribution in [0.3, 0.4) is 0 Å². The minimum absolute atomic E-state index is 0.124. The van der Waals surface area contributed by atoms with Gasteiger partial charge in [-0.25, -0.2) is 9.38 Å². The summed E-state index contributed by atoms with van der Waals surface area (Å²) in [5.41, 5.74) is 6.02. The molecule has 2 aromatic rings. The Balaban J connectivity index is 1.49. The van der Waals surface area contributed by atoms with Crippen LogP contribution in [0, 0.1) is 11.7 Å². The van der Waals surface area contributed by atoms with Crippen LogP contribution in [0.25, 0.3) is 0 Å². The minimum Gasteiger partial charge on any atom is -0.487 e. The van der Waals surface area contributed by atoms with Gasteiger partial charge in [0, 0.05) is 23.1 Å². The average molecular weight is 553 g/mol. The molecule has 0 saturated carbocycles. The Hall–Kier alpha value is -3.66. The van der Waals surface area contributed by atoms with E-state index in [1.54, 1.807) is 32.0 Å². The van der Waals surface area contributed by atoms with Crippen molar-refractivity contribution in [3.05, 3.63) is 58.9 Å². The summed E-state index contributed by atoms with van der Waals surface area (Å²) in [5.74, 6) is 0.156. The number of nitrogens with zero attached hydrogens (tertiary/aromatic N) is 2. The first-order valence-electron chi connectivity index (χ1n) is 13.6. The van der Waals surface area contributed by atoms with E-state index in [0.29, 0.717) is 34.6 Å². The number of hydrogen-bond acceptors (Lipinski definition) is 7. The fraction of sp³-hybridized carbons (Fsp3) is 0.500. The molecule has 4 atom stereocenters. The van der Waals surface area contributed by atoms with Crippen molar-refractivity contribution in [3.63, 3.8) is 0 Å². The highest BCUT2D eigenvalue weighted by atomic mass is 19.1. The highest BCUT2D eigenvalue weighted by Gasteiger charge is 2.45.